The van der Waals surface area contributed by atoms with E-state index in [1.165, 1.54) is 11.1 Å². The second-order valence-corrected chi connectivity index (χ2v) is 12.6. The Hall–Kier alpha value is -6.97. The van der Waals surface area contributed by atoms with E-state index in [-0.39, 0.29) is 0 Å². The molecule has 3 heteroatoms. The minimum Gasteiger partial charge on any atom is -0.256 e. The van der Waals surface area contributed by atoms with Gasteiger partial charge in [-0.2, -0.15) is 0 Å². The molecule has 0 spiro atoms. The van der Waals surface area contributed by atoms with E-state index in [9.17, 15) is 0 Å². The summed E-state index contributed by atoms with van der Waals surface area (Å²) in [4.78, 5) is 13.5. The summed E-state index contributed by atoms with van der Waals surface area (Å²) in [7, 11) is 0. The predicted octanol–water partition coefficient (Wildman–Crippen LogP) is 12.5. The minimum atomic E-state index is 0.969. The summed E-state index contributed by atoms with van der Waals surface area (Å²) in [6, 6.07) is 59.2. The standard InChI is InChI=1S/C49H35N3/c1-2-10-46(45(9-1)40-26-28-43(29-27-40)49-13-5-8-32-52-49)44-34-38(16-14-36-18-22-41(23-19-36)47-11-3-6-30-50-47)33-39(35-44)17-15-37-20-24-42(25-21-37)48-12-4-7-31-51-48/h1-35H/b16-14-,17-15-. The first-order valence-corrected chi connectivity index (χ1v) is 17.4. The second-order valence-electron chi connectivity index (χ2n) is 12.6. The van der Waals surface area contributed by atoms with Crippen molar-refractivity contribution in [3.05, 3.63) is 211 Å². The lowest BCUT2D eigenvalue weighted by atomic mass is 9.91. The van der Waals surface area contributed by atoms with E-state index in [0.29, 0.717) is 0 Å². The van der Waals surface area contributed by atoms with Crippen molar-refractivity contribution in [1.29, 1.82) is 0 Å². The van der Waals surface area contributed by atoms with Crippen LogP contribution in [0.15, 0.2) is 188 Å². The van der Waals surface area contributed by atoms with Gasteiger partial charge in [0, 0.05) is 35.3 Å². The molecule has 0 saturated carbocycles. The van der Waals surface area contributed by atoms with Gasteiger partial charge < -0.3 is 0 Å². The smallest absolute Gasteiger partial charge is 0.0701 e. The van der Waals surface area contributed by atoms with Crippen LogP contribution in [0.2, 0.25) is 0 Å². The first-order valence-electron chi connectivity index (χ1n) is 17.4. The molecule has 0 aliphatic carbocycles. The Balaban J connectivity index is 1.13. The molecule has 0 aliphatic rings. The zero-order chi connectivity index (χ0) is 35.0. The molecule has 3 aromatic heterocycles. The highest BCUT2D eigenvalue weighted by molar-refractivity contribution is 5.87. The molecule has 0 saturated heterocycles. The Labute approximate surface area is 305 Å². The number of hydrogen-bond acceptors (Lipinski definition) is 3. The van der Waals surface area contributed by atoms with Crippen molar-refractivity contribution in [3.63, 3.8) is 0 Å². The zero-order valence-electron chi connectivity index (χ0n) is 28.5. The van der Waals surface area contributed by atoms with Gasteiger partial charge in [-0.25, -0.2) is 0 Å². The molecular formula is C49H35N3. The molecule has 246 valence electrons. The quantitative estimate of drug-likeness (QED) is 0.144. The van der Waals surface area contributed by atoms with Gasteiger partial charge in [-0.3, -0.25) is 15.0 Å². The Morgan fingerprint density at radius 1 is 0.269 bits per heavy atom. The highest BCUT2D eigenvalue weighted by atomic mass is 14.7. The van der Waals surface area contributed by atoms with Crippen LogP contribution in [-0.2, 0) is 0 Å². The van der Waals surface area contributed by atoms with Crippen molar-refractivity contribution in [2.75, 3.05) is 0 Å². The van der Waals surface area contributed by atoms with Crippen LogP contribution in [0.3, 0.4) is 0 Å². The molecule has 0 radical (unpaired) electrons. The number of pyridine rings is 3. The maximum absolute atomic E-state index is 4.53. The summed E-state index contributed by atoms with van der Waals surface area (Å²) in [5.41, 5.74) is 15.4. The van der Waals surface area contributed by atoms with Gasteiger partial charge in [-0.15, -0.1) is 0 Å². The molecule has 0 unspecified atom stereocenters. The maximum Gasteiger partial charge on any atom is 0.0701 e. The molecular weight excluding hydrogens is 631 g/mol. The van der Waals surface area contributed by atoms with E-state index in [0.717, 1.165) is 67.2 Å². The molecule has 8 aromatic rings. The fourth-order valence-electron chi connectivity index (χ4n) is 6.35. The fraction of sp³-hybridized carbons (Fsp3) is 0. The van der Waals surface area contributed by atoms with Gasteiger partial charge in [0.2, 0.25) is 0 Å². The van der Waals surface area contributed by atoms with Gasteiger partial charge >= 0.3 is 0 Å². The number of benzene rings is 5. The van der Waals surface area contributed by atoms with Crippen molar-refractivity contribution in [3.8, 4) is 56.0 Å². The van der Waals surface area contributed by atoms with E-state index in [1.807, 2.05) is 73.2 Å². The van der Waals surface area contributed by atoms with Crippen molar-refractivity contribution in [1.82, 2.24) is 15.0 Å². The van der Waals surface area contributed by atoms with Gasteiger partial charge in [0.15, 0.2) is 0 Å². The van der Waals surface area contributed by atoms with Gasteiger partial charge in [0.05, 0.1) is 17.1 Å². The van der Waals surface area contributed by atoms with Gasteiger partial charge in [0.1, 0.15) is 0 Å². The third-order valence-corrected chi connectivity index (χ3v) is 9.05. The summed E-state index contributed by atoms with van der Waals surface area (Å²) < 4.78 is 0. The van der Waals surface area contributed by atoms with Crippen molar-refractivity contribution < 1.29 is 0 Å². The van der Waals surface area contributed by atoms with Crippen LogP contribution < -0.4 is 0 Å². The molecule has 0 fully saturated rings. The van der Waals surface area contributed by atoms with Crippen LogP contribution in [0, 0.1) is 0 Å². The van der Waals surface area contributed by atoms with E-state index in [4.69, 9.17) is 0 Å². The molecule has 0 bridgehead atoms. The normalized spacial score (nSPS) is 11.3. The lowest BCUT2D eigenvalue weighted by molar-refractivity contribution is 1.33. The van der Waals surface area contributed by atoms with Crippen LogP contribution >= 0.6 is 0 Å². The highest BCUT2D eigenvalue weighted by Crippen LogP contribution is 2.35. The Morgan fingerprint density at radius 3 is 1.02 bits per heavy atom. The van der Waals surface area contributed by atoms with Crippen LogP contribution in [0.25, 0.3) is 80.3 Å². The average Bonchev–Trinajstić information content (AvgIpc) is 3.23. The molecule has 3 nitrogen and oxygen atoms in total. The van der Waals surface area contributed by atoms with E-state index in [1.54, 1.807) is 0 Å². The van der Waals surface area contributed by atoms with E-state index < -0.39 is 0 Å². The first-order chi connectivity index (χ1) is 25.7. The zero-order valence-corrected chi connectivity index (χ0v) is 28.5. The third-order valence-electron chi connectivity index (χ3n) is 9.05. The van der Waals surface area contributed by atoms with Crippen LogP contribution in [-0.4, -0.2) is 15.0 Å². The maximum atomic E-state index is 4.53. The largest absolute Gasteiger partial charge is 0.256 e. The third kappa shape index (κ3) is 7.60. The summed E-state index contributed by atoms with van der Waals surface area (Å²) in [5.74, 6) is 0. The van der Waals surface area contributed by atoms with Crippen molar-refractivity contribution in [2.24, 2.45) is 0 Å². The van der Waals surface area contributed by atoms with Crippen LogP contribution in [0.5, 0.6) is 0 Å². The lowest BCUT2D eigenvalue weighted by Gasteiger charge is -2.13. The van der Waals surface area contributed by atoms with Crippen molar-refractivity contribution >= 4 is 24.3 Å². The van der Waals surface area contributed by atoms with Crippen LogP contribution in [0.1, 0.15) is 22.3 Å². The number of aromatic nitrogens is 3. The Kier molecular flexibility index (Phi) is 9.48. The van der Waals surface area contributed by atoms with Gasteiger partial charge in [-0.05, 0) is 99.1 Å². The number of hydrogen-bond donors (Lipinski definition) is 0. The highest BCUT2D eigenvalue weighted by Gasteiger charge is 2.10. The van der Waals surface area contributed by atoms with Crippen LogP contribution in [0.4, 0.5) is 0 Å². The van der Waals surface area contributed by atoms with Gasteiger partial charge in [-0.1, -0.05) is 140 Å². The SMILES string of the molecule is C(=C/c1cc(/C=C\c2ccc(-c3ccccn3)cc2)cc(-c2ccccc2-c2ccc(-c3ccccn3)cc2)c1)/c1ccc(-c2ccccn2)cc1. The van der Waals surface area contributed by atoms with E-state index >= 15 is 0 Å². The first kappa shape index (κ1) is 32.2. The summed E-state index contributed by atoms with van der Waals surface area (Å²) >= 11 is 0. The number of nitrogens with zero attached hydrogens (tertiary/aromatic N) is 3. The summed E-state index contributed by atoms with van der Waals surface area (Å²) in [6.07, 6.45) is 14.2. The number of rotatable bonds is 9. The second kappa shape index (κ2) is 15.3. The topological polar surface area (TPSA) is 38.7 Å². The Morgan fingerprint density at radius 2 is 0.615 bits per heavy atom. The molecule has 0 aliphatic heterocycles. The lowest BCUT2D eigenvalue weighted by Crippen LogP contribution is -1.89. The molecule has 0 N–H and O–H groups in total. The average molecular weight is 666 g/mol. The fourth-order valence-corrected chi connectivity index (χ4v) is 6.35. The molecule has 0 atom stereocenters. The minimum absolute atomic E-state index is 0.969. The molecule has 5 aromatic carbocycles. The summed E-state index contributed by atoms with van der Waals surface area (Å²) in [5, 5.41) is 0. The summed E-state index contributed by atoms with van der Waals surface area (Å²) in [6.45, 7) is 0. The Bertz CT molecular complexity index is 2340. The monoisotopic (exact) mass is 665 g/mol. The molecule has 3 heterocycles. The van der Waals surface area contributed by atoms with E-state index in [2.05, 4.69) is 155 Å². The van der Waals surface area contributed by atoms with Gasteiger partial charge in [0.25, 0.3) is 0 Å². The van der Waals surface area contributed by atoms with Crippen molar-refractivity contribution in [2.45, 2.75) is 0 Å². The molecule has 52 heavy (non-hydrogen) atoms. The molecule has 8 rings (SSSR count). The molecule has 0 amide bonds. The predicted molar refractivity (Wildman–Crippen MR) is 218 cm³/mol.